The molecule has 0 aliphatic rings. The van der Waals surface area contributed by atoms with Crippen molar-refractivity contribution in [3.8, 4) is 0 Å². The van der Waals surface area contributed by atoms with Crippen molar-refractivity contribution in [2.24, 2.45) is 0 Å². The minimum atomic E-state index is -0.600. The van der Waals surface area contributed by atoms with Crippen LogP contribution in [0.15, 0.2) is 16.8 Å². The summed E-state index contributed by atoms with van der Waals surface area (Å²) in [5, 5.41) is 6.67. The number of carbonyl (C=O) groups excluding carboxylic acids is 1. The van der Waals surface area contributed by atoms with Crippen LogP contribution in [-0.4, -0.2) is 31.5 Å². The van der Waals surface area contributed by atoms with E-state index in [0.717, 1.165) is 13.0 Å². The van der Waals surface area contributed by atoms with Gasteiger partial charge in [0.15, 0.2) is 0 Å². The van der Waals surface area contributed by atoms with E-state index in [0.29, 0.717) is 6.54 Å². The third-order valence-electron chi connectivity index (χ3n) is 1.95. The average Bonchev–Trinajstić information content (AvgIpc) is 2.75. The second-order valence-electron chi connectivity index (χ2n) is 3.08. The third-order valence-corrected chi connectivity index (χ3v) is 3.02. The van der Waals surface area contributed by atoms with E-state index >= 15 is 0 Å². The van der Waals surface area contributed by atoms with Crippen LogP contribution in [0.1, 0.15) is 5.56 Å². The van der Waals surface area contributed by atoms with Crippen LogP contribution in [0.5, 0.6) is 0 Å². The summed E-state index contributed by atoms with van der Waals surface area (Å²) in [7, 11) is 1.34. The first kappa shape index (κ1) is 12.5. The van der Waals surface area contributed by atoms with Gasteiger partial charge in [-0.05, 0) is 35.4 Å². The number of nitrogens with one attached hydrogen (secondary N) is 1. The summed E-state index contributed by atoms with van der Waals surface area (Å²) in [6, 6.07) is 2.09. The molecule has 0 radical (unpaired) electrons. The van der Waals surface area contributed by atoms with Crippen molar-refractivity contribution >= 4 is 28.9 Å². The van der Waals surface area contributed by atoms with Crippen molar-refractivity contribution < 1.29 is 9.53 Å². The molecule has 0 spiro atoms. The zero-order valence-electron chi connectivity index (χ0n) is 8.53. The number of carbonyl (C=O) groups is 1. The fourth-order valence-corrected chi connectivity index (χ4v) is 2.01. The van der Waals surface area contributed by atoms with E-state index in [1.165, 1.54) is 12.7 Å². The van der Waals surface area contributed by atoms with Gasteiger partial charge < -0.3 is 10.1 Å². The summed E-state index contributed by atoms with van der Waals surface area (Å²) in [4.78, 5) is 10.9. The second kappa shape index (κ2) is 6.82. The largest absolute Gasteiger partial charge is 0.468 e. The number of hydrogen-bond donors (Lipinski definition) is 1. The Hall–Kier alpha value is -0.580. The van der Waals surface area contributed by atoms with Gasteiger partial charge in [0.1, 0.15) is 5.38 Å². The molecule has 15 heavy (non-hydrogen) atoms. The maximum absolute atomic E-state index is 10.9. The number of hydrogen-bond acceptors (Lipinski definition) is 4. The molecule has 1 unspecified atom stereocenters. The average molecular weight is 248 g/mol. The molecule has 5 heteroatoms. The smallest absolute Gasteiger partial charge is 0.325 e. The predicted octanol–water partition coefficient (Wildman–Crippen LogP) is 1.66. The summed E-state index contributed by atoms with van der Waals surface area (Å²) in [6.07, 6.45) is 0.953. The highest BCUT2D eigenvalue weighted by atomic mass is 35.5. The van der Waals surface area contributed by atoms with Crippen molar-refractivity contribution in [2.75, 3.05) is 20.2 Å². The molecule has 0 saturated carbocycles. The molecule has 0 bridgehead atoms. The van der Waals surface area contributed by atoms with Gasteiger partial charge in [0.25, 0.3) is 0 Å². The topological polar surface area (TPSA) is 38.3 Å². The summed E-state index contributed by atoms with van der Waals surface area (Å²) >= 11 is 7.44. The highest BCUT2D eigenvalue weighted by molar-refractivity contribution is 7.07. The van der Waals surface area contributed by atoms with Crippen molar-refractivity contribution in [1.29, 1.82) is 0 Å². The molecule has 0 saturated heterocycles. The van der Waals surface area contributed by atoms with Crippen molar-refractivity contribution in [3.05, 3.63) is 22.4 Å². The molecule has 1 heterocycles. The number of halogens is 1. The van der Waals surface area contributed by atoms with E-state index in [1.807, 2.05) is 5.38 Å². The Morgan fingerprint density at radius 3 is 3.13 bits per heavy atom. The second-order valence-corrected chi connectivity index (χ2v) is 4.38. The standard InChI is InChI=1S/C10H14ClNO2S/c1-14-10(13)9(11)6-12-4-2-8-3-5-15-7-8/h3,5,7,9,12H,2,4,6H2,1H3. The summed E-state index contributed by atoms with van der Waals surface area (Å²) in [5.74, 6) is -0.389. The van der Waals surface area contributed by atoms with E-state index in [-0.39, 0.29) is 5.97 Å². The number of esters is 1. The molecule has 1 aromatic heterocycles. The molecule has 1 N–H and O–H groups in total. The molecular formula is C10H14ClNO2S. The molecule has 3 nitrogen and oxygen atoms in total. The monoisotopic (exact) mass is 247 g/mol. The first-order chi connectivity index (χ1) is 7.24. The van der Waals surface area contributed by atoms with Gasteiger partial charge in [-0.2, -0.15) is 11.3 Å². The van der Waals surface area contributed by atoms with Gasteiger partial charge in [-0.1, -0.05) is 0 Å². The van der Waals surface area contributed by atoms with Crippen LogP contribution in [0, 0.1) is 0 Å². The van der Waals surface area contributed by atoms with E-state index < -0.39 is 5.38 Å². The fraction of sp³-hybridized carbons (Fsp3) is 0.500. The zero-order valence-corrected chi connectivity index (χ0v) is 10.1. The Bertz CT molecular complexity index is 290. The van der Waals surface area contributed by atoms with Crippen LogP contribution in [0.25, 0.3) is 0 Å². The molecule has 0 fully saturated rings. The minimum absolute atomic E-state index is 0.389. The predicted molar refractivity (Wildman–Crippen MR) is 62.5 cm³/mol. The first-order valence-corrected chi connectivity index (χ1v) is 6.05. The Morgan fingerprint density at radius 2 is 2.53 bits per heavy atom. The molecule has 1 aromatic rings. The molecule has 84 valence electrons. The van der Waals surface area contributed by atoms with Gasteiger partial charge in [-0.25, -0.2) is 0 Å². The Morgan fingerprint density at radius 1 is 1.73 bits per heavy atom. The van der Waals surface area contributed by atoms with E-state index in [9.17, 15) is 4.79 Å². The number of rotatable bonds is 6. The lowest BCUT2D eigenvalue weighted by molar-refractivity contribution is -0.140. The van der Waals surface area contributed by atoms with Gasteiger partial charge in [0.2, 0.25) is 0 Å². The van der Waals surface area contributed by atoms with Crippen LogP contribution in [0.2, 0.25) is 0 Å². The Kier molecular flexibility index (Phi) is 5.68. The van der Waals surface area contributed by atoms with Gasteiger partial charge >= 0.3 is 5.97 Å². The van der Waals surface area contributed by atoms with Crippen LogP contribution in [-0.2, 0) is 16.0 Å². The highest BCUT2D eigenvalue weighted by Gasteiger charge is 2.14. The van der Waals surface area contributed by atoms with E-state index in [2.05, 4.69) is 21.5 Å². The van der Waals surface area contributed by atoms with Gasteiger partial charge in [-0.3, -0.25) is 4.79 Å². The van der Waals surface area contributed by atoms with Gasteiger partial charge in [0, 0.05) is 6.54 Å². The molecule has 0 aromatic carbocycles. The van der Waals surface area contributed by atoms with Gasteiger partial charge in [0.05, 0.1) is 7.11 Å². The Balaban J connectivity index is 2.09. The van der Waals surface area contributed by atoms with Crippen molar-refractivity contribution in [3.63, 3.8) is 0 Å². The van der Waals surface area contributed by atoms with Crippen LogP contribution >= 0.6 is 22.9 Å². The zero-order chi connectivity index (χ0) is 11.1. The normalized spacial score (nSPS) is 12.4. The number of ether oxygens (including phenoxy) is 1. The van der Waals surface area contributed by atoms with Crippen molar-refractivity contribution in [2.45, 2.75) is 11.8 Å². The molecular weight excluding hydrogens is 234 g/mol. The fourth-order valence-electron chi connectivity index (χ4n) is 1.11. The number of thiophene rings is 1. The maximum Gasteiger partial charge on any atom is 0.325 e. The van der Waals surface area contributed by atoms with E-state index in [1.54, 1.807) is 11.3 Å². The summed E-state index contributed by atoms with van der Waals surface area (Å²) in [6.45, 7) is 1.26. The van der Waals surface area contributed by atoms with Crippen LogP contribution < -0.4 is 5.32 Å². The third kappa shape index (κ3) is 4.64. The van der Waals surface area contributed by atoms with Gasteiger partial charge in [-0.15, -0.1) is 11.6 Å². The minimum Gasteiger partial charge on any atom is -0.468 e. The molecule has 0 aliphatic heterocycles. The quantitative estimate of drug-likeness (QED) is 0.472. The van der Waals surface area contributed by atoms with Crippen LogP contribution in [0.3, 0.4) is 0 Å². The maximum atomic E-state index is 10.9. The Labute approximate surface area is 98.4 Å². The lowest BCUT2D eigenvalue weighted by Gasteiger charge is -2.08. The molecule has 0 aliphatic carbocycles. The number of methoxy groups -OCH3 is 1. The lowest BCUT2D eigenvalue weighted by atomic mass is 10.2. The lowest BCUT2D eigenvalue weighted by Crippen LogP contribution is -2.31. The summed E-state index contributed by atoms with van der Waals surface area (Å²) in [5.41, 5.74) is 1.30. The highest BCUT2D eigenvalue weighted by Crippen LogP contribution is 2.05. The SMILES string of the molecule is COC(=O)C(Cl)CNCCc1ccsc1. The molecule has 1 rings (SSSR count). The molecule has 1 atom stereocenters. The number of alkyl halides is 1. The molecule has 0 amide bonds. The van der Waals surface area contributed by atoms with Crippen LogP contribution in [0.4, 0.5) is 0 Å². The van der Waals surface area contributed by atoms with Crippen molar-refractivity contribution in [1.82, 2.24) is 5.32 Å². The first-order valence-electron chi connectivity index (χ1n) is 4.67. The summed E-state index contributed by atoms with van der Waals surface area (Å²) < 4.78 is 4.51. The van der Waals surface area contributed by atoms with E-state index in [4.69, 9.17) is 11.6 Å².